The van der Waals surface area contributed by atoms with E-state index in [1.165, 1.54) is 16.7 Å². The first kappa shape index (κ1) is 59.4. The highest BCUT2D eigenvalue weighted by molar-refractivity contribution is 5.98. The molecule has 0 radical (unpaired) electrons. The van der Waals surface area contributed by atoms with Crippen LogP contribution in [0, 0.1) is 5.92 Å². The number of nitrogens with one attached hydrogen (secondary N) is 6. The highest BCUT2D eigenvalue weighted by Crippen LogP contribution is 2.27. The maximum absolute atomic E-state index is 14.4. The number of aliphatic carboxylic acids is 1. The Morgan fingerprint density at radius 3 is 1.74 bits per heavy atom. The van der Waals surface area contributed by atoms with E-state index < -0.39 is 144 Å². The highest BCUT2D eigenvalue weighted by Gasteiger charge is 2.45. The zero-order chi connectivity index (χ0) is 53.0. The van der Waals surface area contributed by atoms with E-state index in [4.69, 9.17) is 28.7 Å². The zero-order valence-corrected chi connectivity index (χ0v) is 40.0. The largest absolute Gasteiger partial charge is 0.480 e. The minimum Gasteiger partial charge on any atom is -0.480 e. The second-order valence-electron chi connectivity index (χ2n) is 17.5. The fraction of sp³-hybridized carbons (Fsp3) is 0.714. The molecule has 2 heterocycles. The molecule has 0 spiro atoms. The number of carboxylic acids is 1. The van der Waals surface area contributed by atoms with E-state index in [0.29, 0.717) is 19.3 Å². The van der Waals surface area contributed by atoms with Crippen LogP contribution in [-0.2, 0) is 52.7 Å². The van der Waals surface area contributed by atoms with Crippen LogP contribution in [0.4, 0.5) is 0 Å². The summed E-state index contributed by atoms with van der Waals surface area (Å²) >= 11 is 0. The molecule has 0 saturated carbocycles. The van der Waals surface area contributed by atoms with Gasteiger partial charge in [-0.25, -0.2) is 4.79 Å². The number of likely N-dealkylation sites (tertiary alicyclic amines) is 2. The van der Waals surface area contributed by atoms with Gasteiger partial charge in [0.15, 0.2) is 12.0 Å². The number of aliphatic hydroxyl groups excluding tert-OH is 2. The topological polar surface area (TPSA) is 470 Å². The third-order valence-corrected chi connectivity index (χ3v) is 11.9. The summed E-state index contributed by atoms with van der Waals surface area (Å²) in [7, 11) is 0. The van der Waals surface area contributed by atoms with Gasteiger partial charge in [0.1, 0.15) is 36.3 Å². The summed E-state index contributed by atoms with van der Waals surface area (Å²) in [6, 6.07) is -10.8. The van der Waals surface area contributed by atoms with Crippen LogP contribution in [0.2, 0.25) is 0 Å². The number of hydrogen-bond donors (Lipinski definition) is 14. The number of nitrogens with two attached hydrogens (primary N) is 5. The van der Waals surface area contributed by atoms with Crippen molar-refractivity contribution in [1.82, 2.24) is 41.7 Å². The molecule has 0 bridgehead atoms. The van der Waals surface area contributed by atoms with Crippen molar-refractivity contribution in [1.29, 1.82) is 0 Å². The van der Waals surface area contributed by atoms with Gasteiger partial charge in [-0.3, -0.25) is 52.9 Å². The Kier molecular flexibility index (Phi) is 24.4. The average molecular weight is 997 g/mol. The predicted octanol–water partition coefficient (Wildman–Crippen LogP) is -6.69. The normalized spacial score (nSPS) is 19.3. The molecule has 11 atom stereocenters. The molecule has 0 aromatic rings. The van der Waals surface area contributed by atoms with Crippen molar-refractivity contribution in [3.05, 3.63) is 0 Å². The Morgan fingerprint density at radius 2 is 1.20 bits per heavy atom. The van der Waals surface area contributed by atoms with Crippen LogP contribution in [0.1, 0.15) is 98.3 Å². The number of carboxylic acid groups (broad SMARTS) is 1. The van der Waals surface area contributed by atoms with Crippen LogP contribution in [0.15, 0.2) is 4.99 Å². The van der Waals surface area contributed by atoms with Gasteiger partial charge >= 0.3 is 5.97 Å². The minimum atomic E-state index is -1.73. The second-order valence-corrected chi connectivity index (χ2v) is 17.5. The van der Waals surface area contributed by atoms with Gasteiger partial charge in [-0.2, -0.15) is 0 Å². The molecule has 394 valence electrons. The van der Waals surface area contributed by atoms with E-state index in [9.17, 15) is 68.1 Å². The number of nitrogens with zero attached hydrogens (tertiary/aromatic N) is 3. The molecule has 28 nitrogen and oxygen atoms in total. The van der Waals surface area contributed by atoms with E-state index in [2.05, 4.69) is 36.9 Å². The second kappa shape index (κ2) is 28.7. The van der Waals surface area contributed by atoms with Gasteiger partial charge in [-0.15, -0.1) is 0 Å². The summed E-state index contributed by atoms with van der Waals surface area (Å²) < 4.78 is 0. The van der Waals surface area contributed by atoms with E-state index in [1.807, 2.05) is 0 Å². The Labute approximate surface area is 404 Å². The molecule has 10 amide bonds. The molecule has 2 aliphatic heterocycles. The molecule has 28 heteroatoms. The summed E-state index contributed by atoms with van der Waals surface area (Å²) in [4.78, 5) is 149. The van der Waals surface area contributed by atoms with Crippen molar-refractivity contribution in [2.45, 2.75) is 159 Å². The first-order valence-electron chi connectivity index (χ1n) is 23.2. The van der Waals surface area contributed by atoms with Gasteiger partial charge in [0.2, 0.25) is 59.1 Å². The molecular weight excluding hydrogens is 925 g/mol. The van der Waals surface area contributed by atoms with Gasteiger partial charge in [-0.05, 0) is 71.1 Å². The zero-order valence-electron chi connectivity index (χ0n) is 40.0. The lowest BCUT2D eigenvalue weighted by Crippen LogP contribution is -2.60. The number of hydrogen-bond acceptors (Lipinski definition) is 15. The minimum absolute atomic E-state index is 0.0332. The number of carbonyl (C=O) groups excluding carboxylic acids is 10. The van der Waals surface area contributed by atoms with Crippen molar-refractivity contribution >= 4 is 71.0 Å². The lowest BCUT2D eigenvalue weighted by atomic mass is 9.96. The summed E-state index contributed by atoms with van der Waals surface area (Å²) in [6.45, 7) is 5.34. The van der Waals surface area contributed by atoms with Crippen molar-refractivity contribution in [2.75, 3.05) is 26.2 Å². The van der Waals surface area contributed by atoms with E-state index in [0.717, 1.165) is 6.92 Å². The number of rotatable bonds is 29. The van der Waals surface area contributed by atoms with Crippen molar-refractivity contribution in [3.8, 4) is 0 Å². The van der Waals surface area contributed by atoms with Gasteiger partial charge in [0.25, 0.3) is 0 Å². The number of primary amides is 2. The van der Waals surface area contributed by atoms with Gasteiger partial charge in [-0.1, -0.05) is 20.3 Å². The van der Waals surface area contributed by atoms with Gasteiger partial charge in [0, 0.05) is 32.5 Å². The number of aliphatic hydroxyl groups is 2. The Balaban J connectivity index is 2.26. The summed E-state index contributed by atoms with van der Waals surface area (Å²) in [5.41, 5.74) is 27.0. The SMILES string of the molecule is CC[C@H](C)[C@H](NC(=O)[C@H](CCCN=C(N)N)NC(=O)CNC(=O)[C@@H](NC(=O)[C@H](CCC(N)=O)NC(=O)[C@@H](N)CCC(N)=O)[C@@H](C)O)C(=O)N1CCC[C@H]1C(=O)N1CCC[C@H]1C(=O)N[C@H](C(=O)O)[C@@H](C)O. The number of guanidine groups is 1. The van der Waals surface area contributed by atoms with Crippen LogP contribution in [0.5, 0.6) is 0 Å². The van der Waals surface area contributed by atoms with Gasteiger partial charge in [0.05, 0.1) is 24.8 Å². The van der Waals surface area contributed by atoms with Crippen LogP contribution in [0.3, 0.4) is 0 Å². The molecule has 0 aromatic heterocycles. The molecule has 19 N–H and O–H groups in total. The van der Waals surface area contributed by atoms with E-state index >= 15 is 0 Å². The third-order valence-electron chi connectivity index (χ3n) is 11.9. The number of aliphatic imine (C=N–C) groups is 1. The quantitative estimate of drug-likeness (QED) is 0.0188. The third kappa shape index (κ3) is 18.7. The van der Waals surface area contributed by atoms with Gasteiger partial charge < -0.3 is 85.7 Å². The van der Waals surface area contributed by atoms with Crippen molar-refractivity contribution in [2.24, 2.45) is 39.6 Å². The van der Waals surface area contributed by atoms with Crippen molar-refractivity contribution < 1.29 is 68.1 Å². The Morgan fingerprint density at radius 1 is 0.657 bits per heavy atom. The highest BCUT2D eigenvalue weighted by atomic mass is 16.4. The molecule has 0 aromatic carbocycles. The number of amides is 10. The van der Waals surface area contributed by atoms with E-state index in [1.54, 1.807) is 13.8 Å². The van der Waals surface area contributed by atoms with E-state index in [-0.39, 0.29) is 70.5 Å². The predicted molar refractivity (Wildman–Crippen MR) is 247 cm³/mol. The average Bonchev–Trinajstić information content (AvgIpc) is 4.00. The maximum atomic E-state index is 14.4. The molecule has 2 fully saturated rings. The molecule has 2 rings (SSSR count). The van der Waals surface area contributed by atoms with Crippen LogP contribution in [-0.4, -0.2) is 183 Å². The maximum Gasteiger partial charge on any atom is 0.328 e. The summed E-state index contributed by atoms with van der Waals surface area (Å²) in [5.74, 6) is -10.4. The molecule has 0 aliphatic carbocycles. The van der Waals surface area contributed by atoms with Crippen LogP contribution >= 0.6 is 0 Å². The molecule has 2 saturated heterocycles. The van der Waals surface area contributed by atoms with Crippen LogP contribution < -0.4 is 60.6 Å². The Bertz CT molecular complexity index is 1930. The number of carbonyl (C=O) groups is 11. The molecular formula is C42H72N14O14. The van der Waals surface area contributed by atoms with Crippen LogP contribution in [0.25, 0.3) is 0 Å². The Hall–Kier alpha value is -6.68. The fourth-order valence-electron chi connectivity index (χ4n) is 7.75. The molecule has 2 aliphatic rings. The first-order chi connectivity index (χ1) is 32.8. The monoisotopic (exact) mass is 997 g/mol. The lowest BCUT2D eigenvalue weighted by Gasteiger charge is -2.35. The lowest BCUT2D eigenvalue weighted by molar-refractivity contribution is -0.150. The van der Waals surface area contributed by atoms with Crippen molar-refractivity contribution in [3.63, 3.8) is 0 Å². The summed E-state index contributed by atoms with van der Waals surface area (Å²) in [6.07, 6.45) is -2.44. The smallest absolute Gasteiger partial charge is 0.328 e. The molecule has 70 heavy (non-hydrogen) atoms. The fourth-order valence-corrected chi connectivity index (χ4v) is 7.75. The summed E-state index contributed by atoms with van der Waals surface area (Å²) in [5, 5.41) is 44.2. The molecule has 0 unspecified atom stereocenters. The standard InChI is InChI=1S/C42H72N14O14/c1-5-20(2)31(40(68)56-18-8-11-27(56)39(67)55-17-7-10-26(55)37(65)54-33(22(4)58)41(69)70)52-35(63)24(9-6-16-48-42(46)47)50-30(61)19-49-38(66)32(21(3)57)53-36(64)25(13-15-29(45)60)51-34(62)23(43)12-14-28(44)59/h20-27,31-33,57-58H,5-19,43H2,1-4H3,(H2,44,59)(H2,45,60)(H,49,66)(H,50,61)(H,51,62)(H,52,63)(H,53,64)(H,54,65)(H,69,70)(H4,46,47,48)/t20-,21+,22+,23-,24-,25-,26-,27-,31-,32-,33-/m0/s1. The first-order valence-corrected chi connectivity index (χ1v) is 23.2.